The Labute approximate surface area is 318 Å². The lowest BCUT2D eigenvalue weighted by molar-refractivity contribution is -0.141. The van der Waals surface area contributed by atoms with Crippen LogP contribution in [0.15, 0.2) is 60.9 Å². The van der Waals surface area contributed by atoms with Gasteiger partial charge in [-0.3, -0.25) is 19.7 Å². The molecule has 2 aliphatic heterocycles. The SMILES string of the molecule is CC(C)Oc1cc2nc([C@H]3CC[C@H](CN(C)C4CCN(c5ccc(C6CCC(=O)NC6=O)cc5)CC4)CC3)cn2cc1NC(=O)c1cccc(C(F)(F)F)n1. The molecule has 7 rings (SSSR count). The van der Waals surface area contributed by atoms with E-state index in [0.717, 1.165) is 81.5 Å². The van der Waals surface area contributed by atoms with E-state index in [9.17, 15) is 27.6 Å². The molecule has 3 amide bonds. The number of carbonyl (C=O) groups excluding carboxylic acids is 3. The Morgan fingerprint density at radius 1 is 0.982 bits per heavy atom. The highest BCUT2D eigenvalue weighted by atomic mass is 19.4. The number of ether oxygens (including phenoxy) is 1. The predicted molar refractivity (Wildman–Crippen MR) is 202 cm³/mol. The molecule has 0 spiro atoms. The first-order valence-corrected chi connectivity index (χ1v) is 19.2. The summed E-state index contributed by atoms with van der Waals surface area (Å²) in [6.07, 6.45) is 6.15. The third kappa shape index (κ3) is 8.95. The van der Waals surface area contributed by atoms with Gasteiger partial charge in [-0.25, -0.2) is 9.97 Å². The first-order chi connectivity index (χ1) is 26.3. The highest BCUT2D eigenvalue weighted by molar-refractivity contribution is 6.04. The number of benzene rings is 1. The molecule has 11 nitrogen and oxygen atoms in total. The number of hydrogen-bond donors (Lipinski definition) is 2. The Bertz CT molecular complexity index is 2020. The second-order valence-corrected chi connectivity index (χ2v) is 15.5. The zero-order valence-corrected chi connectivity index (χ0v) is 31.4. The molecule has 5 heterocycles. The number of nitrogens with one attached hydrogen (secondary N) is 2. The van der Waals surface area contributed by atoms with Gasteiger partial charge in [0.05, 0.1) is 17.7 Å². The molecule has 292 valence electrons. The van der Waals surface area contributed by atoms with E-state index in [4.69, 9.17) is 9.72 Å². The fourth-order valence-electron chi connectivity index (χ4n) is 8.27. The minimum absolute atomic E-state index is 0.196. The molecular formula is C41H48F3N7O4. The zero-order valence-electron chi connectivity index (χ0n) is 31.4. The normalized spacial score (nSPS) is 21.3. The van der Waals surface area contributed by atoms with Crippen molar-refractivity contribution in [3.8, 4) is 5.75 Å². The van der Waals surface area contributed by atoms with Gasteiger partial charge < -0.3 is 24.3 Å². The molecule has 2 N–H and O–H groups in total. The number of pyridine rings is 2. The van der Waals surface area contributed by atoms with Crippen LogP contribution in [0.4, 0.5) is 24.5 Å². The number of aromatic nitrogens is 3. The lowest BCUT2D eigenvalue weighted by Gasteiger charge is -2.40. The lowest BCUT2D eigenvalue weighted by Crippen LogP contribution is -2.45. The Balaban J connectivity index is 0.919. The number of alkyl halides is 3. The molecule has 1 aliphatic carbocycles. The second kappa shape index (κ2) is 16.0. The monoisotopic (exact) mass is 759 g/mol. The molecule has 4 aromatic rings. The predicted octanol–water partition coefficient (Wildman–Crippen LogP) is 7.18. The average molecular weight is 760 g/mol. The van der Waals surface area contributed by atoms with E-state index in [1.54, 1.807) is 12.3 Å². The van der Waals surface area contributed by atoms with Gasteiger partial charge in [-0.15, -0.1) is 0 Å². The number of halogens is 3. The first-order valence-electron chi connectivity index (χ1n) is 19.2. The van der Waals surface area contributed by atoms with Crippen LogP contribution >= 0.6 is 0 Å². The van der Waals surface area contributed by atoms with Crippen LogP contribution in [0.3, 0.4) is 0 Å². The van der Waals surface area contributed by atoms with Gasteiger partial charge in [-0.05, 0) is 102 Å². The summed E-state index contributed by atoms with van der Waals surface area (Å²) in [4.78, 5) is 50.3. The van der Waals surface area contributed by atoms with E-state index >= 15 is 0 Å². The molecule has 0 radical (unpaired) electrons. The van der Waals surface area contributed by atoms with Crippen molar-refractivity contribution in [2.75, 3.05) is 36.9 Å². The molecular weight excluding hydrogens is 711 g/mol. The molecule has 3 aliphatic rings. The van der Waals surface area contributed by atoms with Gasteiger partial charge in [0, 0.05) is 62.2 Å². The van der Waals surface area contributed by atoms with E-state index in [1.165, 1.54) is 11.8 Å². The smallest absolute Gasteiger partial charge is 0.433 e. The van der Waals surface area contributed by atoms with Crippen LogP contribution in [0.1, 0.15) is 104 Å². The summed E-state index contributed by atoms with van der Waals surface area (Å²) in [7, 11) is 2.25. The topological polar surface area (TPSA) is 121 Å². The maximum atomic E-state index is 13.2. The van der Waals surface area contributed by atoms with E-state index in [0.29, 0.717) is 47.8 Å². The third-order valence-electron chi connectivity index (χ3n) is 11.3. The van der Waals surface area contributed by atoms with Crippen LogP contribution in [-0.2, 0) is 15.8 Å². The molecule has 55 heavy (non-hydrogen) atoms. The quantitative estimate of drug-likeness (QED) is 0.163. The van der Waals surface area contributed by atoms with Gasteiger partial charge >= 0.3 is 6.18 Å². The fraction of sp³-hybridized carbons (Fsp3) is 0.488. The average Bonchev–Trinajstić information content (AvgIpc) is 3.57. The van der Waals surface area contributed by atoms with Crippen molar-refractivity contribution in [1.82, 2.24) is 24.6 Å². The Morgan fingerprint density at radius 2 is 1.71 bits per heavy atom. The maximum absolute atomic E-state index is 13.2. The number of imidazole rings is 1. The highest BCUT2D eigenvalue weighted by Crippen LogP contribution is 2.38. The molecule has 2 saturated heterocycles. The molecule has 14 heteroatoms. The summed E-state index contributed by atoms with van der Waals surface area (Å²) < 4.78 is 47.5. The third-order valence-corrected chi connectivity index (χ3v) is 11.3. The van der Waals surface area contributed by atoms with Crippen LogP contribution in [-0.4, -0.2) is 75.8 Å². The van der Waals surface area contributed by atoms with Crippen molar-refractivity contribution in [2.24, 2.45) is 5.92 Å². The summed E-state index contributed by atoms with van der Waals surface area (Å²) in [5.41, 5.74) is 2.60. The van der Waals surface area contributed by atoms with Gasteiger partial charge in [0.2, 0.25) is 11.8 Å². The number of nitrogens with zero attached hydrogens (tertiary/aromatic N) is 5. The van der Waals surface area contributed by atoms with Gasteiger partial charge in [0.1, 0.15) is 28.5 Å². The number of anilines is 2. The maximum Gasteiger partial charge on any atom is 0.433 e. The van der Waals surface area contributed by atoms with E-state index in [2.05, 4.69) is 44.6 Å². The van der Waals surface area contributed by atoms with Crippen LogP contribution in [0.5, 0.6) is 5.75 Å². The van der Waals surface area contributed by atoms with Gasteiger partial charge in [0.15, 0.2) is 0 Å². The number of rotatable bonds is 10. The van der Waals surface area contributed by atoms with Crippen LogP contribution in [0.2, 0.25) is 0 Å². The van der Waals surface area contributed by atoms with Gasteiger partial charge in [-0.2, -0.15) is 13.2 Å². The summed E-state index contributed by atoms with van der Waals surface area (Å²) in [6.45, 7) is 6.72. The second-order valence-electron chi connectivity index (χ2n) is 15.5. The summed E-state index contributed by atoms with van der Waals surface area (Å²) in [5, 5.41) is 5.15. The Kier molecular flexibility index (Phi) is 11.2. The number of amides is 3. The van der Waals surface area contributed by atoms with Crippen LogP contribution < -0.4 is 20.3 Å². The molecule has 0 bridgehead atoms. The zero-order chi connectivity index (χ0) is 38.9. The van der Waals surface area contributed by atoms with E-state index < -0.39 is 17.8 Å². The van der Waals surface area contributed by atoms with Crippen molar-refractivity contribution in [3.63, 3.8) is 0 Å². The number of imide groups is 1. The van der Waals surface area contributed by atoms with Crippen molar-refractivity contribution in [1.29, 1.82) is 0 Å². The minimum Gasteiger partial charge on any atom is -0.489 e. The molecule has 3 aromatic heterocycles. The minimum atomic E-state index is -4.67. The van der Waals surface area contributed by atoms with Crippen LogP contribution in [0, 0.1) is 5.92 Å². The Morgan fingerprint density at radius 3 is 2.38 bits per heavy atom. The molecule has 3 fully saturated rings. The number of piperidine rings is 2. The van der Waals surface area contributed by atoms with E-state index in [1.807, 2.05) is 36.6 Å². The fourth-order valence-corrected chi connectivity index (χ4v) is 8.27. The first kappa shape index (κ1) is 38.3. The standard InChI is InChI=1S/C41H48F3N7O4/c1-25(2)55-35-21-37-46-33(23-51(37)24-34(35)47-40(54)32-5-4-6-36(45-32)41(42,43)44)28-9-7-26(8-10-28)22-49(3)29-17-19-50(20-18-29)30-13-11-27(12-14-30)31-15-16-38(52)48-39(31)53/h4-6,11-14,21,23-26,28-29,31H,7-10,15-20,22H2,1-3H3,(H,47,54)(H,48,52,53)/t26-,28-,31?. The van der Waals surface area contributed by atoms with Crippen molar-refractivity contribution in [3.05, 3.63) is 83.6 Å². The van der Waals surface area contributed by atoms with Crippen molar-refractivity contribution < 1.29 is 32.3 Å². The summed E-state index contributed by atoms with van der Waals surface area (Å²) >= 11 is 0. The number of carbonyl (C=O) groups is 3. The summed E-state index contributed by atoms with van der Waals surface area (Å²) in [6, 6.07) is 13.8. The van der Waals surface area contributed by atoms with Gasteiger partial charge in [-0.1, -0.05) is 18.2 Å². The highest BCUT2D eigenvalue weighted by Gasteiger charge is 2.34. The molecule has 1 atom stereocenters. The summed E-state index contributed by atoms with van der Waals surface area (Å²) in [5.74, 6) is -0.162. The van der Waals surface area contributed by atoms with Crippen molar-refractivity contribution in [2.45, 2.75) is 95.4 Å². The largest absolute Gasteiger partial charge is 0.489 e. The van der Waals surface area contributed by atoms with Gasteiger partial charge in [0.25, 0.3) is 5.91 Å². The number of fused-ring (bicyclic) bond motifs is 1. The number of hydrogen-bond acceptors (Lipinski definition) is 8. The van der Waals surface area contributed by atoms with E-state index in [-0.39, 0.29) is 29.5 Å². The van der Waals surface area contributed by atoms with Crippen molar-refractivity contribution >= 4 is 34.7 Å². The lowest BCUT2D eigenvalue weighted by atomic mass is 9.80. The van der Waals surface area contributed by atoms with Crippen LogP contribution in [0.25, 0.3) is 5.65 Å². The molecule has 1 aromatic carbocycles. The Hall–Kier alpha value is -4.98. The molecule has 1 unspecified atom stereocenters. The molecule has 1 saturated carbocycles.